The van der Waals surface area contributed by atoms with E-state index in [4.69, 9.17) is 5.11 Å². The van der Waals surface area contributed by atoms with Gasteiger partial charge < -0.3 is 15.7 Å². The van der Waals surface area contributed by atoms with Crippen LogP contribution >= 0.6 is 0 Å². The molecule has 0 bridgehead atoms. The number of hydrogen-bond acceptors (Lipinski definition) is 4. The van der Waals surface area contributed by atoms with Crippen molar-refractivity contribution in [1.82, 2.24) is 15.1 Å². The number of benzene rings is 1. The summed E-state index contributed by atoms with van der Waals surface area (Å²) < 4.78 is 1.83. The zero-order valence-electron chi connectivity index (χ0n) is 15.1. The van der Waals surface area contributed by atoms with Crippen LogP contribution in [-0.4, -0.2) is 33.4 Å². The summed E-state index contributed by atoms with van der Waals surface area (Å²) in [6.07, 6.45) is 2.16. The van der Waals surface area contributed by atoms with Gasteiger partial charge in [-0.2, -0.15) is 5.10 Å². The van der Waals surface area contributed by atoms with E-state index in [2.05, 4.69) is 15.7 Å². The fourth-order valence-corrected chi connectivity index (χ4v) is 2.94. The van der Waals surface area contributed by atoms with Gasteiger partial charge in [-0.1, -0.05) is 6.07 Å². The van der Waals surface area contributed by atoms with E-state index in [9.17, 15) is 4.79 Å². The molecule has 0 saturated heterocycles. The Hall–Kier alpha value is -2.34. The Labute approximate surface area is 148 Å². The van der Waals surface area contributed by atoms with Crippen molar-refractivity contribution in [1.29, 1.82) is 0 Å². The van der Waals surface area contributed by atoms with Gasteiger partial charge in [-0.3, -0.25) is 9.48 Å². The average Bonchev–Trinajstić information content (AvgIpc) is 3.35. The molecule has 0 radical (unpaired) electrons. The van der Waals surface area contributed by atoms with Crippen molar-refractivity contribution in [3.63, 3.8) is 0 Å². The van der Waals surface area contributed by atoms with Gasteiger partial charge in [0, 0.05) is 35.1 Å². The number of nitrogens with one attached hydrogen (secondary N) is 2. The summed E-state index contributed by atoms with van der Waals surface area (Å²) >= 11 is 0. The quantitative estimate of drug-likeness (QED) is 0.721. The van der Waals surface area contributed by atoms with Gasteiger partial charge in [-0.05, 0) is 51.3 Å². The number of rotatable bonds is 7. The van der Waals surface area contributed by atoms with E-state index in [-0.39, 0.29) is 12.5 Å². The summed E-state index contributed by atoms with van der Waals surface area (Å²) in [5.74, 6) is -0.00586. The number of aliphatic hydroxyl groups is 1. The highest BCUT2D eigenvalue weighted by Gasteiger charge is 2.24. The third-order valence-corrected chi connectivity index (χ3v) is 4.71. The van der Waals surface area contributed by atoms with Crippen LogP contribution < -0.4 is 10.6 Å². The van der Waals surface area contributed by atoms with Gasteiger partial charge in [-0.15, -0.1) is 0 Å². The summed E-state index contributed by atoms with van der Waals surface area (Å²) in [5, 5.41) is 20.1. The summed E-state index contributed by atoms with van der Waals surface area (Å²) in [7, 11) is 0. The zero-order valence-corrected chi connectivity index (χ0v) is 15.1. The van der Waals surface area contributed by atoms with Crippen LogP contribution in [0.4, 0.5) is 5.69 Å². The molecule has 1 aliphatic carbocycles. The number of aliphatic hydroxyl groups excluding tert-OH is 1. The van der Waals surface area contributed by atoms with Crippen LogP contribution in [-0.2, 0) is 13.1 Å². The van der Waals surface area contributed by atoms with Crippen molar-refractivity contribution in [2.45, 2.75) is 52.7 Å². The fraction of sp³-hybridized carbons (Fsp3) is 0.474. The molecule has 0 unspecified atom stereocenters. The van der Waals surface area contributed by atoms with E-state index < -0.39 is 0 Å². The van der Waals surface area contributed by atoms with Gasteiger partial charge in [0.1, 0.15) is 0 Å². The van der Waals surface area contributed by atoms with Crippen molar-refractivity contribution in [3.8, 4) is 0 Å². The maximum absolute atomic E-state index is 12.2. The number of anilines is 1. The van der Waals surface area contributed by atoms with E-state index in [0.29, 0.717) is 24.7 Å². The van der Waals surface area contributed by atoms with Gasteiger partial charge >= 0.3 is 0 Å². The van der Waals surface area contributed by atoms with Gasteiger partial charge in [0.25, 0.3) is 5.91 Å². The first kappa shape index (κ1) is 17.5. The molecular weight excluding hydrogens is 316 g/mol. The van der Waals surface area contributed by atoms with Crippen molar-refractivity contribution in [2.24, 2.45) is 0 Å². The molecule has 2 aromatic rings. The number of hydrogen-bond donors (Lipinski definition) is 3. The van der Waals surface area contributed by atoms with E-state index in [0.717, 1.165) is 41.0 Å². The molecule has 6 nitrogen and oxygen atoms in total. The highest BCUT2D eigenvalue weighted by Crippen LogP contribution is 2.22. The molecule has 1 aliphatic rings. The van der Waals surface area contributed by atoms with Crippen LogP contribution in [0.15, 0.2) is 18.2 Å². The van der Waals surface area contributed by atoms with Crippen LogP contribution in [0.3, 0.4) is 0 Å². The molecule has 3 rings (SSSR count). The predicted molar refractivity (Wildman–Crippen MR) is 97.8 cm³/mol. The van der Waals surface area contributed by atoms with Crippen molar-refractivity contribution >= 4 is 11.6 Å². The lowest BCUT2D eigenvalue weighted by atomic mass is 10.1. The van der Waals surface area contributed by atoms with Crippen molar-refractivity contribution in [2.75, 3.05) is 11.9 Å². The highest BCUT2D eigenvalue weighted by molar-refractivity contribution is 5.95. The number of amides is 1. The SMILES string of the molecule is Cc1ccc(C(=O)NC2CC2)cc1NCc1c(C)nn(CCO)c1C. The topological polar surface area (TPSA) is 79.2 Å². The zero-order chi connectivity index (χ0) is 18.0. The highest BCUT2D eigenvalue weighted by atomic mass is 16.3. The minimum Gasteiger partial charge on any atom is -0.394 e. The van der Waals surface area contributed by atoms with Gasteiger partial charge in [0.15, 0.2) is 0 Å². The van der Waals surface area contributed by atoms with E-state index in [1.807, 2.05) is 43.7 Å². The number of aromatic nitrogens is 2. The fourth-order valence-electron chi connectivity index (χ4n) is 2.94. The summed E-state index contributed by atoms with van der Waals surface area (Å²) in [6, 6.07) is 6.11. The Morgan fingerprint density at radius 2 is 2.08 bits per heavy atom. The Bertz CT molecular complexity index is 778. The molecule has 0 spiro atoms. The maximum atomic E-state index is 12.2. The monoisotopic (exact) mass is 342 g/mol. The van der Waals surface area contributed by atoms with Gasteiger partial charge in [0.2, 0.25) is 0 Å². The first-order valence-corrected chi connectivity index (χ1v) is 8.78. The molecule has 1 saturated carbocycles. The van der Waals surface area contributed by atoms with E-state index in [1.165, 1.54) is 0 Å². The van der Waals surface area contributed by atoms with Crippen molar-refractivity contribution < 1.29 is 9.90 Å². The van der Waals surface area contributed by atoms with E-state index >= 15 is 0 Å². The summed E-state index contributed by atoms with van der Waals surface area (Å²) in [4.78, 5) is 12.2. The molecular formula is C19H26N4O2. The van der Waals surface area contributed by atoms with Crippen LogP contribution in [0.2, 0.25) is 0 Å². The molecule has 1 amide bonds. The Morgan fingerprint density at radius 3 is 2.76 bits per heavy atom. The maximum Gasteiger partial charge on any atom is 0.251 e. The molecule has 1 aromatic carbocycles. The third-order valence-electron chi connectivity index (χ3n) is 4.71. The molecule has 1 heterocycles. The number of nitrogens with zero attached hydrogens (tertiary/aromatic N) is 2. The minimum absolute atomic E-state index is 0.00586. The smallest absolute Gasteiger partial charge is 0.251 e. The van der Waals surface area contributed by atoms with Crippen LogP contribution in [0, 0.1) is 20.8 Å². The third kappa shape index (κ3) is 4.02. The standard InChI is InChI=1S/C19H26N4O2/c1-12-4-5-15(19(25)21-16-6-7-16)10-18(12)20-11-17-13(2)22-23(8-9-24)14(17)3/h4-5,10,16,20,24H,6-9,11H2,1-3H3,(H,21,25). The normalized spacial score (nSPS) is 13.8. The Balaban J connectivity index is 1.73. The molecule has 134 valence electrons. The molecule has 1 aromatic heterocycles. The molecule has 3 N–H and O–H groups in total. The first-order chi connectivity index (χ1) is 12.0. The lowest BCUT2D eigenvalue weighted by molar-refractivity contribution is 0.0951. The minimum atomic E-state index is -0.00586. The van der Waals surface area contributed by atoms with Crippen LogP contribution in [0.1, 0.15) is 45.7 Å². The second kappa shape index (κ2) is 7.27. The Morgan fingerprint density at radius 1 is 1.32 bits per heavy atom. The number of carbonyl (C=O) groups is 1. The summed E-state index contributed by atoms with van der Waals surface area (Å²) in [6.45, 7) is 7.23. The molecule has 0 aliphatic heterocycles. The van der Waals surface area contributed by atoms with Crippen LogP contribution in [0.25, 0.3) is 0 Å². The largest absolute Gasteiger partial charge is 0.394 e. The number of aryl methyl sites for hydroxylation is 2. The number of carbonyl (C=O) groups excluding carboxylic acids is 1. The lowest BCUT2D eigenvalue weighted by Crippen LogP contribution is -2.25. The molecule has 25 heavy (non-hydrogen) atoms. The molecule has 1 fully saturated rings. The Kier molecular flexibility index (Phi) is 5.08. The lowest BCUT2D eigenvalue weighted by Gasteiger charge is -2.12. The van der Waals surface area contributed by atoms with Gasteiger partial charge in [0.05, 0.1) is 18.8 Å². The predicted octanol–water partition coefficient (Wildman–Crippen LogP) is 2.30. The molecule has 0 atom stereocenters. The van der Waals surface area contributed by atoms with E-state index in [1.54, 1.807) is 0 Å². The molecule has 6 heteroatoms. The second-order valence-corrected chi connectivity index (χ2v) is 6.73. The van der Waals surface area contributed by atoms with Crippen LogP contribution in [0.5, 0.6) is 0 Å². The van der Waals surface area contributed by atoms with Crippen molar-refractivity contribution in [3.05, 3.63) is 46.3 Å². The summed E-state index contributed by atoms with van der Waals surface area (Å²) in [5.41, 5.74) is 5.88. The average molecular weight is 342 g/mol. The van der Waals surface area contributed by atoms with Gasteiger partial charge in [-0.25, -0.2) is 0 Å². The first-order valence-electron chi connectivity index (χ1n) is 8.78. The second-order valence-electron chi connectivity index (χ2n) is 6.73.